The third kappa shape index (κ3) is 2.47. The highest BCUT2D eigenvalue weighted by Crippen LogP contribution is 2.49. The number of hydrogen-bond donors (Lipinski definition) is 1. The zero-order chi connectivity index (χ0) is 18.6. The monoisotopic (exact) mass is 374 g/mol. The van der Waals surface area contributed by atoms with Gasteiger partial charge in [-0.3, -0.25) is 9.36 Å². The quantitative estimate of drug-likeness (QED) is 0.592. The smallest absolute Gasteiger partial charge is 0.263 e. The molecular weight excluding hydrogens is 352 g/mol. The second kappa shape index (κ2) is 6.03. The van der Waals surface area contributed by atoms with Gasteiger partial charge in [0.15, 0.2) is 4.77 Å². The van der Waals surface area contributed by atoms with E-state index in [1.807, 2.05) is 37.3 Å². The Balaban J connectivity index is 1.85. The van der Waals surface area contributed by atoms with Crippen LogP contribution in [0.5, 0.6) is 0 Å². The Kier molecular flexibility index (Phi) is 3.73. The zero-order valence-electron chi connectivity index (χ0n) is 15.4. The van der Waals surface area contributed by atoms with E-state index in [-0.39, 0.29) is 11.0 Å². The Labute approximate surface area is 163 Å². The predicted molar refractivity (Wildman–Crippen MR) is 111 cm³/mol. The molecule has 0 saturated heterocycles. The summed E-state index contributed by atoms with van der Waals surface area (Å²) in [6, 6.07) is 16.4. The normalized spacial score (nSPS) is 16.9. The number of rotatable bonds is 1. The molecule has 3 aromatic rings. The number of fused-ring (bicyclic) bond motifs is 4. The van der Waals surface area contributed by atoms with Crippen molar-refractivity contribution in [2.24, 2.45) is 0 Å². The van der Waals surface area contributed by atoms with Gasteiger partial charge in [0.1, 0.15) is 0 Å². The van der Waals surface area contributed by atoms with Crippen LogP contribution >= 0.6 is 12.2 Å². The minimum absolute atomic E-state index is 0.0500. The first kappa shape index (κ1) is 16.7. The van der Waals surface area contributed by atoms with E-state index in [0.717, 1.165) is 41.8 Å². The first-order valence-electron chi connectivity index (χ1n) is 9.64. The number of aromatic amines is 1. The van der Waals surface area contributed by atoms with Crippen molar-refractivity contribution >= 4 is 12.2 Å². The van der Waals surface area contributed by atoms with Crippen LogP contribution in [-0.4, -0.2) is 9.55 Å². The summed E-state index contributed by atoms with van der Waals surface area (Å²) in [7, 11) is 0. The fraction of sp³-hybridized carbons (Fsp3) is 0.304. The molecule has 5 rings (SSSR count). The average molecular weight is 375 g/mol. The molecule has 1 aromatic heterocycles. The van der Waals surface area contributed by atoms with E-state index in [0.29, 0.717) is 4.77 Å². The molecule has 0 aliphatic heterocycles. The van der Waals surface area contributed by atoms with Crippen LogP contribution in [-0.2, 0) is 11.8 Å². The number of benzene rings is 2. The molecule has 4 heteroatoms. The molecule has 2 aromatic carbocycles. The Morgan fingerprint density at radius 3 is 2.48 bits per heavy atom. The number of nitrogens with zero attached hydrogens (tertiary/aromatic N) is 1. The lowest BCUT2D eigenvalue weighted by atomic mass is 9.68. The molecule has 3 nitrogen and oxygen atoms in total. The molecule has 0 bridgehead atoms. The topological polar surface area (TPSA) is 37.8 Å². The number of hydrogen-bond acceptors (Lipinski definition) is 2. The molecule has 0 radical (unpaired) electrons. The number of nitrogens with one attached hydrogen (secondary N) is 1. The fourth-order valence-electron chi connectivity index (χ4n) is 5.01. The van der Waals surface area contributed by atoms with Crippen molar-refractivity contribution < 1.29 is 0 Å². The highest BCUT2D eigenvalue weighted by molar-refractivity contribution is 7.71. The lowest BCUT2D eigenvalue weighted by molar-refractivity contribution is 0.424. The largest absolute Gasteiger partial charge is 0.331 e. The van der Waals surface area contributed by atoms with Crippen LogP contribution in [0.15, 0.2) is 53.3 Å². The van der Waals surface area contributed by atoms with Crippen molar-refractivity contribution in [3.63, 3.8) is 0 Å². The van der Waals surface area contributed by atoms with Crippen molar-refractivity contribution in [3.05, 3.63) is 80.3 Å². The molecule has 1 saturated carbocycles. The Bertz CT molecular complexity index is 1150. The highest BCUT2D eigenvalue weighted by atomic mass is 32.1. The third-order valence-corrected chi connectivity index (χ3v) is 6.59. The number of aromatic nitrogens is 2. The van der Waals surface area contributed by atoms with E-state index in [4.69, 9.17) is 12.2 Å². The molecule has 1 fully saturated rings. The van der Waals surface area contributed by atoms with Gasteiger partial charge in [-0.05, 0) is 56.1 Å². The zero-order valence-corrected chi connectivity index (χ0v) is 16.2. The summed E-state index contributed by atoms with van der Waals surface area (Å²) in [5, 5.41) is 0. The maximum atomic E-state index is 13.8. The van der Waals surface area contributed by atoms with Gasteiger partial charge in [0.25, 0.3) is 5.56 Å². The van der Waals surface area contributed by atoms with Crippen LogP contribution in [0.25, 0.3) is 16.9 Å². The van der Waals surface area contributed by atoms with E-state index in [2.05, 4.69) is 23.2 Å². The average Bonchev–Trinajstić information content (AvgIpc) is 3.11. The van der Waals surface area contributed by atoms with Gasteiger partial charge >= 0.3 is 0 Å². The fourth-order valence-corrected chi connectivity index (χ4v) is 5.30. The van der Waals surface area contributed by atoms with Gasteiger partial charge in [-0.1, -0.05) is 54.8 Å². The summed E-state index contributed by atoms with van der Waals surface area (Å²) in [4.78, 5) is 17.2. The summed E-state index contributed by atoms with van der Waals surface area (Å²) < 4.78 is 2.15. The molecule has 27 heavy (non-hydrogen) atoms. The third-order valence-electron chi connectivity index (χ3n) is 6.30. The predicted octanol–water partition coefficient (Wildman–Crippen LogP) is 5.24. The van der Waals surface area contributed by atoms with Gasteiger partial charge in [0.05, 0.1) is 11.4 Å². The maximum Gasteiger partial charge on any atom is 0.263 e. The van der Waals surface area contributed by atoms with Gasteiger partial charge in [-0.2, -0.15) is 0 Å². The first-order chi connectivity index (χ1) is 13.1. The van der Waals surface area contributed by atoms with E-state index < -0.39 is 0 Å². The minimum Gasteiger partial charge on any atom is -0.331 e. The molecule has 1 N–H and O–H groups in total. The Morgan fingerprint density at radius 2 is 1.74 bits per heavy atom. The Hall–Kier alpha value is -2.46. The lowest BCUT2D eigenvalue weighted by Gasteiger charge is -2.36. The van der Waals surface area contributed by atoms with Crippen molar-refractivity contribution in [2.75, 3.05) is 0 Å². The molecule has 0 atom stereocenters. The standard InChI is InChI=1S/C23H22N2OS/c1-15-8-10-17(11-9-15)25-21(26)19-20(24-22(25)27)18-7-3-2-6-16(18)14-23(19)12-4-5-13-23/h2-3,6-11H,4-5,12-14H2,1H3,(H,24,27). The molecule has 0 amide bonds. The van der Waals surface area contributed by atoms with Gasteiger partial charge in [0, 0.05) is 16.5 Å². The van der Waals surface area contributed by atoms with Gasteiger partial charge in [0.2, 0.25) is 0 Å². The second-order valence-corrected chi connectivity index (χ2v) is 8.36. The van der Waals surface area contributed by atoms with Crippen LogP contribution in [0.1, 0.15) is 42.4 Å². The molecule has 2 aliphatic rings. The molecule has 1 heterocycles. The molecular formula is C23H22N2OS. The molecule has 0 unspecified atom stereocenters. The number of aryl methyl sites for hydroxylation is 1. The van der Waals surface area contributed by atoms with Gasteiger partial charge < -0.3 is 4.98 Å². The van der Waals surface area contributed by atoms with Crippen LogP contribution < -0.4 is 5.56 Å². The van der Waals surface area contributed by atoms with E-state index in [9.17, 15) is 4.79 Å². The number of H-pyrrole nitrogens is 1. The molecule has 136 valence electrons. The van der Waals surface area contributed by atoms with E-state index in [1.165, 1.54) is 24.0 Å². The maximum absolute atomic E-state index is 13.8. The van der Waals surface area contributed by atoms with Crippen molar-refractivity contribution in [3.8, 4) is 16.9 Å². The second-order valence-electron chi connectivity index (χ2n) is 7.98. The molecule has 2 aliphatic carbocycles. The summed E-state index contributed by atoms with van der Waals surface area (Å²) in [6.45, 7) is 2.05. The summed E-state index contributed by atoms with van der Waals surface area (Å²) in [6.07, 6.45) is 5.45. The van der Waals surface area contributed by atoms with E-state index in [1.54, 1.807) is 4.57 Å². The van der Waals surface area contributed by atoms with Crippen molar-refractivity contribution in [1.29, 1.82) is 0 Å². The highest BCUT2D eigenvalue weighted by Gasteiger charge is 2.44. The Morgan fingerprint density at radius 1 is 1.04 bits per heavy atom. The van der Waals surface area contributed by atoms with Crippen LogP contribution in [0.3, 0.4) is 0 Å². The lowest BCUT2D eigenvalue weighted by Crippen LogP contribution is -2.39. The van der Waals surface area contributed by atoms with Crippen LogP contribution in [0, 0.1) is 11.7 Å². The van der Waals surface area contributed by atoms with Crippen LogP contribution in [0.4, 0.5) is 0 Å². The van der Waals surface area contributed by atoms with E-state index >= 15 is 0 Å². The first-order valence-corrected chi connectivity index (χ1v) is 10.1. The molecule has 1 spiro atoms. The summed E-state index contributed by atoms with van der Waals surface area (Å²) >= 11 is 5.64. The summed E-state index contributed by atoms with van der Waals surface area (Å²) in [5.74, 6) is 0. The van der Waals surface area contributed by atoms with Crippen LogP contribution in [0.2, 0.25) is 0 Å². The minimum atomic E-state index is -0.0627. The van der Waals surface area contributed by atoms with Crippen molar-refractivity contribution in [1.82, 2.24) is 9.55 Å². The van der Waals surface area contributed by atoms with Gasteiger partial charge in [-0.25, -0.2) is 0 Å². The van der Waals surface area contributed by atoms with Gasteiger partial charge in [-0.15, -0.1) is 0 Å². The SMILES string of the molecule is Cc1ccc(-n2c(=S)[nH]c3c(c2=O)C2(CCCC2)Cc2ccccc2-3)cc1. The van der Waals surface area contributed by atoms with Crippen molar-refractivity contribution in [2.45, 2.75) is 44.4 Å². The summed E-state index contributed by atoms with van der Waals surface area (Å²) in [5.41, 5.74) is 6.32.